The highest BCUT2D eigenvalue weighted by Gasteiger charge is 2.31. The van der Waals surface area contributed by atoms with Crippen molar-refractivity contribution in [2.24, 2.45) is 14.1 Å². The van der Waals surface area contributed by atoms with Gasteiger partial charge < -0.3 is 9.64 Å². The van der Waals surface area contributed by atoms with Crippen LogP contribution in [0.15, 0.2) is 52.3 Å². The normalized spacial score (nSPS) is 20.1. The van der Waals surface area contributed by atoms with Gasteiger partial charge in [-0.1, -0.05) is 11.6 Å². The van der Waals surface area contributed by atoms with Crippen molar-refractivity contribution >= 4 is 28.1 Å². The number of hydrogen-bond donors (Lipinski definition) is 0. The number of ether oxygens (including phenoxy) is 1. The first kappa shape index (κ1) is 23.9. The third kappa shape index (κ3) is 4.16. The lowest BCUT2D eigenvalue weighted by Crippen LogP contribution is -2.43. The van der Waals surface area contributed by atoms with Crippen molar-refractivity contribution in [2.45, 2.75) is 38.0 Å². The Morgan fingerprint density at radius 1 is 1.03 bits per heavy atom. The summed E-state index contributed by atoms with van der Waals surface area (Å²) in [5.74, 6) is -0.561. The Hall–Kier alpha value is -3.43. The van der Waals surface area contributed by atoms with Crippen LogP contribution in [0.1, 0.15) is 37.5 Å². The molecule has 1 aliphatic heterocycles. The van der Waals surface area contributed by atoms with Crippen LogP contribution in [0, 0.1) is 5.82 Å². The Morgan fingerprint density at radius 2 is 1.78 bits per heavy atom. The number of nitrogens with zero attached hydrogens (tertiary/aromatic N) is 5. The number of fused-ring (bicyclic) bond motifs is 1. The van der Waals surface area contributed by atoms with Crippen molar-refractivity contribution < 1.29 is 9.13 Å². The van der Waals surface area contributed by atoms with Crippen molar-refractivity contribution in [3.63, 3.8) is 0 Å². The number of morpholine rings is 1. The number of anilines is 1. The molecule has 2 aromatic heterocycles. The number of benzene rings is 2. The average Bonchev–Trinajstić information content (AvgIpc) is 3.61. The van der Waals surface area contributed by atoms with E-state index in [1.165, 1.54) is 22.5 Å². The van der Waals surface area contributed by atoms with E-state index in [9.17, 15) is 9.59 Å². The van der Waals surface area contributed by atoms with Gasteiger partial charge in [0.05, 0.1) is 29.1 Å². The third-order valence-electron chi connectivity index (χ3n) is 7.37. The Bertz CT molecular complexity index is 1650. The molecule has 2 aliphatic rings. The highest BCUT2D eigenvalue weighted by atomic mass is 35.5. The second-order valence-electron chi connectivity index (χ2n) is 10.0. The zero-order valence-corrected chi connectivity index (χ0v) is 21.6. The Balaban J connectivity index is 1.50. The van der Waals surface area contributed by atoms with Crippen LogP contribution in [0.5, 0.6) is 0 Å². The maximum atomic E-state index is 15.1. The molecule has 1 aliphatic carbocycles. The molecule has 1 saturated heterocycles. The van der Waals surface area contributed by atoms with E-state index in [0.717, 1.165) is 24.1 Å². The maximum Gasteiger partial charge on any atom is 0.273 e. The summed E-state index contributed by atoms with van der Waals surface area (Å²) in [7, 11) is 3.07. The molecule has 3 heterocycles. The minimum Gasteiger partial charge on any atom is -0.367 e. The summed E-state index contributed by atoms with van der Waals surface area (Å²) in [6.07, 6.45) is 5.88. The van der Waals surface area contributed by atoms with Gasteiger partial charge in [-0.05, 0) is 50.1 Å². The standard InChI is InChI=1S/C27H27ClFN5O3/c1-15-12-33(14-24(37-15)16-11-30-34(13-16)18-5-6-18)19-9-21(20-7-4-17(28)8-23(20)29)25-22(10-19)26(35)31(2)32(3)27(25)36/h4,7-11,13,15,18,24H,5-6,12,14H2,1-3H3/t15-,24-/m0/s1. The number of rotatable bonds is 4. The van der Waals surface area contributed by atoms with Gasteiger partial charge in [0.15, 0.2) is 0 Å². The lowest BCUT2D eigenvalue weighted by molar-refractivity contribution is -0.0174. The minimum atomic E-state index is -0.561. The van der Waals surface area contributed by atoms with Crippen LogP contribution in [-0.2, 0) is 18.8 Å². The van der Waals surface area contributed by atoms with E-state index in [1.54, 1.807) is 31.3 Å². The van der Waals surface area contributed by atoms with Gasteiger partial charge in [-0.3, -0.25) is 23.6 Å². The number of aromatic nitrogens is 4. The van der Waals surface area contributed by atoms with E-state index in [0.29, 0.717) is 24.7 Å². The number of halogens is 2. The molecular formula is C27H27ClFN5O3. The maximum absolute atomic E-state index is 15.1. The van der Waals surface area contributed by atoms with E-state index in [1.807, 2.05) is 24.0 Å². The quantitative estimate of drug-likeness (QED) is 0.401. The summed E-state index contributed by atoms with van der Waals surface area (Å²) in [6, 6.07) is 8.34. The highest BCUT2D eigenvalue weighted by molar-refractivity contribution is 6.30. The van der Waals surface area contributed by atoms with Crippen LogP contribution in [0.4, 0.5) is 10.1 Å². The molecule has 2 atom stereocenters. The second-order valence-corrected chi connectivity index (χ2v) is 10.5. The van der Waals surface area contributed by atoms with Crippen LogP contribution in [0.3, 0.4) is 0 Å². The molecule has 0 amide bonds. The molecule has 192 valence electrons. The lowest BCUT2D eigenvalue weighted by Gasteiger charge is -2.38. The first-order valence-corrected chi connectivity index (χ1v) is 12.7. The van der Waals surface area contributed by atoms with Gasteiger partial charge in [0, 0.05) is 60.8 Å². The topological polar surface area (TPSA) is 74.3 Å². The Morgan fingerprint density at radius 3 is 2.51 bits per heavy atom. The first-order valence-electron chi connectivity index (χ1n) is 12.3. The van der Waals surface area contributed by atoms with Gasteiger partial charge in [0.2, 0.25) is 0 Å². The molecule has 0 radical (unpaired) electrons. The minimum absolute atomic E-state index is 0.0964. The van der Waals surface area contributed by atoms with Crippen molar-refractivity contribution in [1.82, 2.24) is 19.1 Å². The van der Waals surface area contributed by atoms with Gasteiger partial charge in [-0.2, -0.15) is 5.10 Å². The predicted octanol–water partition coefficient (Wildman–Crippen LogP) is 4.19. The summed E-state index contributed by atoms with van der Waals surface area (Å²) in [6.45, 7) is 3.10. The molecule has 10 heteroatoms. The molecule has 0 unspecified atom stereocenters. The molecule has 2 fully saturated rings. The van der Waals surface area contributed by atoms with Gasteiger partial charge in [-0.15, -0.1) is 0 Å². The molecule has 4 aromatic rings. The molecule has 2 aromatic carbocycles. The Kier molecular flexibility index (Phi) is 5.72. The van der Waals surface area contributed by atoms with Crippen molar-refractivity contribution in [2.75, 3.05) is 18.0 Å². The monoisotopic (exact) mass is 523 g/mol. The van der Waals surface area contributed by atoms with Crippen LogP contribution in [0.2, 0.25) is 5.02 Å². The van der Waals surface area contributed by atoms with E-state index >= 15 is 4.39 Å². The zero-order chi connectivity index (χ0) is 26.0. The molecule has 0 N–H and O–H groups in total. The Labute approximate surface area is 217 Å². The fraction of sp³-hybridized carbons (Fsp3) is 0.370. The average molecular weight is 524 g/mol. The fourth-order valence-corrected chi connectivity index (χ4v) is 5.30. The van der Waals surface area contributed by atoms with Crippen LogP contribution >= 0.6 is 11.6 Å². The lowest BCUT2D eigenvalue weighted by atomic mass is 9.97. The molecular weight excluding hydrogens is 497 g/mol. The molecule has 8 nitrogen and oxygen atoms in total. The molecule has 0 bridgehead atoms. The van der Waals surface area contributed by atoms with Gasteiger partial charge in [-0.25, -0.2) is 4.39 Å². The highest BCUT2D eigenvalue weighted by Crippen LogP contribution is 2.37. The van der Waals surface area contributed by atoms with Gasteiger partial charge in [0.1, 0.15) is 11.9 Å². The third-order valence-corrected chi connectivity index (χ3v) is 7.60. The van der Waals surface area contributed by atoms with E-state index in [-0.39, 0.29) is 44.7 Å². The second kappa shape index (κ2) is 8.85. The van der Waals surface area contributed by atoms with E-state index < -0.39 is 5.82 Å². The molecule has 37 heavy (non-hydrogen) atoms. The zero-order valence-electron chi connectivity index (χ0n) is 20.8. The summed E-state index contributed by atoms with van der Waals surface area (Å²) in [4.78, 5) is 28.8. The summed E-state index contributed by atoms with van der Waals surface area (Å²) >= 11 is 6.01. The van der Waals surface area contributed by atoms with E-state index in [2.05, 4.69) is 10.00 Å². The van der Waals surface area contributed by atoms with Crippen molar-refractivity contribution in [3.05, 3.63) is 79.8 Å². The van der Waals surface area contributed by atoms with Gasteiger partial charge >= 0.3 is 0 Å². The van der Waals surface area contributed by atoms with Crippen LogP contribution < -0.4 is 16.0 Å². The molecule has 1 saturated carbocycles. The van der Waals surface area contributed by atoms with Gasteiger partial charge in [0.25, 0.3) is 11.1 Å². The first-order chi connectivity index (χ1) is 17.7. The van der Waals surface area contributed by atoms with Crippen LogP contribution in [-0.4, -0.2) is 38.3 Å². The molecule has 0 spiro atoms. The van der Waals surface area contributed by atoms with E-state index in [4.69, 9.17) is 16.3 Å². The smallest absolute Gasteiger partial charge is 0.273 e. The van der Waals surface area contributed by atoms with Crippen LogP contribution in [0.25, 0.3) is 21.9 Å². The predicted molar refractivity (Wildman–Crippen MR) is 141 cm³/mol. The molecule has 6 rings (SSSR count). The summed E-state index contributed by atoms with van der Waals surface area (Å²) < 4.78 is 25.9. The van der Waals surface area contributed by atoms with Crippen molar-refractivity contribution in [1.29, 1.82) is 0 Å². The largest absolute Gasteiger partial charge is 0.367 e. The SMILES string of the molecule is C[C@H]1CN(c2cc(-c3ccc(Cl)cc3F)c3c(=O)n(C)n(C)c(=O)c3c2)C[C@@H](c2cnn(C3CC3)c2)O1. The summed E-state index contributed by atoms with van der Waals surface area (Å²) in [5.41, 5.74) is 1.57. The van der Waals surface area contributed by atoms with Crippen molar-refractivity contribution in [3.8, 4) is 11.1 Å². The number of hydrogen-bond acceptors (Lipinski definition) is 5. The summed E-state index contributed by atoms with van der Waals surface area (Å²) in [5, 5.41) is 5.18. The fourth-order valence-electron chi connectivity index (χ4n) is 5.14.